The number of alkyl carbamates (subject to hydrolysis) is 1. The molecule has 5 nitrogen and oxygen atoms in total. The van der Waals surface area contributed by atoms with Crippen molar-refractivity contribution in [2.75, 3.05) is 6.54 Å². The fraction of sp³-hybridized carbons (Fsp3) is 0.188. The SMILES string of the molecule is O=C(NCCC(=O)Sc1ccccn1)OCc1ccccc1. The summed E-state index contributed by atoms with van der Waals surface area (Å²) in [5.74, 6) is 0. The number of nitrogens with one attached hydrogen (secondary N) is 1. The molecule has 0 saturated carbocycles. The molecule has 22 heavy (non-hydrogen) atoms. The van der Waals surface area contributed by atoms with Crippen LogP contribution in [0.3, 0.4) is 0 Å². The van der Waals surface area contributed by atoms with Gasteiger partial charge in [0.15, 0.2) is 5.12 Å². The third-order valence-electron chi connectivity index (χ3n) is 2.67. The van der Waals surface area contributed by atoms with E-state index in [1.807, 2.05) is 36.4 Å². The molecule has 0 aliphatic rings. The Morgan fingerprint density at radius 1 is 1.09 bits per heavy atom. The molecule has 0 spiro atoms. The van der Waals surface area contributed by atoms with Crippen molar-refractivity contribution in [2.24, 2.45) is 0 Å². The number of ether oxygens (including phenoxy) is 1. The molecular formula is C16H16N2O3S. The number of carbonyl (C=O) groups is 2. The minimum absolute atomic E-state index is 0.0536. The van der Waals surface area contributed by atoms with Crippen molar-refractivity contribution in [3.8, 4) is 0 Å². The summed E-state index contributed by atoms with van der Waals surface area (Å²) < 4.78 is 5.05. The summed E-state index contributed by atoms with van der Waals surface area (Å²) >= 11 is 1.06. The summed E-state index contributed by atoms with van der Waals surface area (Å²) in [6.07, 6.45) is 1.33. The van der Waals surface area contributed by atoms with Crippen LogP contribution in [0.15, 0.2) is 59.8 Å². The van der Waals surface area contributed by atoms with Crippen molar-refractivity contribution in [3.63, 3.8) is 0 Å². The van der Waals surface area contributed by atoms with E-state index >= 15 is 0 Å². The Kier molecular flexibility index (Phi) is 6.44. The highest BCUT2D eigenvalue weighted by molar-refractivity contribution is 8.13. The van der Waals surface area contributed by atoms with Gasteiger partial charge < -0.3 is 10.1 Å². The fourth-order valence-electron chi connectivity index (χ4n) is 1.62. The minimum atomic E-state index is -0.528. The Hall–Kier alpha value is -2.34. The monoisotopic (exact) mass is 316 g/mol. The van der Waals surface area contributed by atoms with E-state index in [2.05, 4.69) is 10.3 Å². The maximum Gasteiger partial charge on any atom is 0.407 e. The zero-order valence-corrected chi connectivity index (χ0v) is 12.7. The lowest BCUT2D eigenvalue weighted by atomic mass is 10.2. The molecule has 0 atom stereocenters. The summed E-state index contributed by atoms with van der Waals surface area (Å²) in [6.45, 7) is 0.454. The smallest absolute Gasteiger partial charge is 0.407 e. The van der Waals surface area contributed by atoms with E-state index in [1.165, 1.54) is 0 Å². The second-order valence-corrected chi connectivity index (χ2v) is 5.46. The number of pyridine rings is 1. The maximum atomic E-state index is 11.7. The third kappa shape index (κ3) is 5.97. The van der Waals surface area contributed by atoms with Crippen LogP contribution in [0.5, 0.6) is 0 Å². The first kappa shape index (κ1) is 16.0. The number of thioether (sulfide) groups is 1. The number of nitrogens with zero attached hydrogens (tertiary/aromatic N) is 1. The van der Waals surface area contributed by atoms with Gasteiger partial charge in [0.25, 0.3) is 0 Å². The molecule has 1 aromatic carbocycles. The number of benzene rings is 1. The van der Waals surface area contributed by atoms with E-state index in [9.17, 15) is 9.59 Å². The van der Waals surface area contributed by atoms with E-state index in [0.29, 0.717) is 5.03 Å². The van der Waals surface area contributed by atoms with Crippen LogP contribution in [0, 0.1) is 0 Å². The Morgan fingerprint density at radius 3 is 2.59 bits per heavy atom. The average Bonchev–Trinajstić information content (AvgIpc) is 2.55. The summed E-state index contributed by atoms with van der Waals surface area (Å²) in [6, 6.07) is 14.8. The lowest BCUT2D eigenvalue weighted by molar-refractivity contribution is -0.110. The predicted octanol–water partition coefficient (Wildman–Crippen LogP) is 3.02. The van der Waals surface area contributed by atoms with Gasteiger partial charge in [-0.1, -0.05) is 36.4 Å². The van der Waals surface area contributed by atoms with Gasteiger partial charge in [-0.3, -0.25) is 4.79 Å². The van der Waals surface area contributed by atoms with E-state index < -0.39 is 6.09 Å². The third-order valence-corrected chi connectivity index (χ3v) is 3.55. The molecule has 1 aromatic heterocycles. The average molecular weight is 316 g/mol. The first-order valence-electron chi connectivity index (χ1n) is 6.80. The van der Waals surface area contributed by atoms with Gasteiger partial charge >= 0.3 is 6.09 Å². The van der Waals surface area contributed by atoms with Gasteiger partial charge in [0.2, 0.25) is 0 Å². The molecular weight excluding hydrogens is 300 g/mol. The summed E-state index contributed by atoms with van der Waals surface area (Å²) in [4.78, 5) is 27.3. The molecule has 1 N–H and O–H groups in total. The molecule has 0 saturated heterocycles. The number of amides is 1. The molecule has 6 heteroatoms. The standard InChI is InChI=1S/C16H16N2O3S/c19-15(22-14-8-4-5-10-17-14)9-11-18-16(20)21-12-13-6-2-1-3-7-13/h1-8,10H,9,11-12H2,(H,18,20). The van der Waals surface area contributed by atoms with Crippen LogP contribution in [0.1, 0.15) is 12.0 Å². The fourth-order valence-corrected chi connectivity index (χ4v) is 2.31. The molecule has 0 radical (unpaired) electrons. The lowest BCUT2D eigenvalue weighted by Gasteiger charge is -2.06. The first-order valence-corrected chi connectivity index (χ1v) is 7.62. The molecule has 114 valence electrons. The quantitative estimate of drug-likeness (QED) is 0.830. The second kappa shape index (κ2) is 8.84. The highest BCUT2D eigenvalue weighted by Crippen LogP contribution is 2.16. The lowest BCUT2D eigenvalue weighted by Crippen LogP contribution is -2.26. The van der Waals surface area contributed by atoms with E-state index in [4.69, 9.17) is 4.74 Å². The van der Waals surface area contributed by atoms with Gasteiger partial charge in [0, 0.05) is 19.2 Å². The van der Waals surface area contributed by atoms with Crippen LogP contribution in [0.4, 0.5) is 4.79 Å². The van der Waals surface area contributed by atoms with Gasteiger partial charge in [0.1, 0.15) is 11.6 Å². The molecule has 0 fully saturated rings. The molecule has 0 unspecified atom stereocenters. The molecule has 0 bridgehead atoms. The Balaban J connectivity index is 1.61. The van der Waals surface area contributed by atoms with Crippen molar-refractivity contribution < 1.29 is 14.3 Å². The summed E-state index contributed by atoms with van der Waals surface area (Å²) in [5, 5.41) is 3.15. The molecule has 2 rings (SSSR count). The van der Waals surface area contributed by atoms with Crippen molar-refractivity contribution in [1.82, 2.24) is 10.3 Å². The van der Waals surface area contributed by atoms with Gasteiger partial charge in [0.05, 0.1) is 0 Å². The van der Waals surface area contributed by atoms with E-state index in [1.54, 1.807) is 18.3 Å². The predicted molar refractivity (Wildman–Crippen MR) is 84.3 cm³/mol. The number of rotatable bonds is 6. The number of hydrogen-bond acceptors (Lipinski definition) is 5. The highest BCUT2D eigenvalue weighted by Gasteiger charge is 2.07. The molecule has 1 heterocycles. The van der Waals surface area contributed by atoms with Crippen LogP contribution in [-0.2, 0) is 16.1 Å². The van der Waals surface area contributed by atoms with Crippen LogP contribution >= 0.6 is 11.8 Å². The molecule has 0 aliphatic carbocycles. The zero-order chi connectivity index (χ0) is 15.6. The van der Waals surface area contributed by atoms with Crippen LogP contribution in [0.2, 0.25) is 0 Å². The van der Waals surface area contributed by atoms with Gasteiger partial charge in [-0.25, -0.2) is 9.78 Å². The van der Waals surface area contributed by atoms with Crippen LogP contribution < -0.4 is 5.32 Å². The van der Waals surface area contributed by atoms with E-state index in [-0.39, 0.29) is 24.7 Å². The highest BCUT2D eigenvalue weighted by atomic mass is 32.2. The Labute approximate surface area is 133 Å². The molecule has 0 aliphatic heterocycles. The summed E-state index contributed by atoms with van der Waals surface area (Å²) in [7, 11) is 0. The second-order valence-electron chi connectivity index (χ2n) is 4.38. The van der Waals surface area contributed by atoms with Crippen molar-refractivity contribution in [2.45, 2.75) is 18.1 Å². The van der Waals surface area contributed by atoms with Gasteiger partial charge in [-0.2, -0.15) is 0 Å². The number of carbonyl (C=O) groups excluding carboxylic acids is 2. The maximum absolute atomic E-state index is 11.7. The largest absolute Gasteiger partial charge is 0.445 e. The molecule has 2 aromatic rings. The summed E-state index contributed by atoms with van der Waals surface area (Å²) in [5.41, 5.74) is 0.916. The number of hydrogen-bond donors (Lipinski definition) is 1. The number of aromatic nitrogens is 1. The Bertz CT molecular complexity index is 605. The zero-order valence-electron chi connectivity index (χ0n) is 11.9. The molecule has 1 amide bonds. The van der Waals surface area contributed by atoms with Gasteiger partial charge in [-0.05, 0) is 29.5 Å². The Morgan fingerprint density at radius 2 is 1.86 bits per heavy atom. The van der Waals surface area contributed by atoms with Gasteiger partial charge in [-0.15, -0.1) is 0 Å². The topological polar surface area (TPSA) is 68.3 Å². The first-order chi connectivity index (χ1) is 10.7. The normalized spacial score (nSPS) is 10.0. The van der Waals surface area contributed by atoms with Crippen LogP contribution in [0.25, 0.3) is 0 Å². The van der Waals surface area contributed by atoms with Crippen LogP contribution in [-0.4, -0.2) is 22.7 Å². The van der Waals surface area contributed by atoms with Crippen molar-refractivity contribution in [1.29, 1.82) is 0 Å². The van der Waals surface area contributed by atoms with Crippen molar-refractivity contribution in [3.05, 3.63) is 60.3 Å². The van der Waals surface area contributed by atoms with Crippen molar-refractivity contribution >= 4 is 23.0 Å². The van der Waals surface area contributed by atoms with E-state index in [0.717, 1.165) is 17.3 Å². The minimum Gasteiger partial charge on any atom is -0.445 e.